The third-order valence-electron chi connectivity index (χ3n) is 3.06. The molecule has 0 spiro atoms. The number of carbonyl (C=O) groups is 1. The first-order chi connectivity index (χ1) is 4.77. The van der Waals surface area contributed by atoms with Crippen molar-refractivity contribution < 1.29 is 9.90 Å². The lowest BCUT2D eigenvalue weighted by Crippen LogP contribution is -2.19. The zero-order valence-corrected chi connectivity index (χ0v) is 5.92. The number of aliphatic carboxylic acids is 1. The molecule has 2 nitrogen and oxygen atoms in total. The molecule has 0 radical (unpaired) electrons. The number of fused-ring (bicyclic) bond motifs is 2. The second kappa shape index (κ2) is 1.97. The largest absolute Gasteiger partial charge is 0.481 e. The van der Waals surface area contributed by atoms with Gasteiger partial charge in [-0.2, -0.15) is 0 Å². The van der Waals surface area contributed by atoms with Gasteiger partial charge in [0.25, 0.3) is 0 Å². The Morgan fingerprint density at radius 3 is 2.40 bits per heavy atom. The van der Waals surface area contributed by atoms with Gasteiger partial charge in [-0.05, 0) is 31.1 Å². The lowest BCUT2D eigenvalue weighted by molar-refractivity contribution is -0.143. The highest BCUT2D eigenvalue weighted by molar-refractivity contribution is 5.71. The molecule has 3 atom stereocenters. The maximum absolute atomic E-state index is 10.6. The van der Waals surface area contributed by atoms with Gasteiger partial charge >= 0.3 is 5.97 Å². The quantitative estimate of drug-likeness (QED) is 0.599. The average Bonchev–Trinajstić information content (AvgIpc) is 2.44. The fourth-order valence-corrected chi connectivity index (χ4v) is 2.55. The molecule has 0 heterocycles. The van der Waals surface area contributed by atoms with Crippen LogP contribution >= 0.6 is 0 Å². The minimum Gasteiger partial charge on any atom is -0.481 e. The first kappa shape index (κ1) is 6.20. The smallest absolute Gasteiger partial charge is 0.306 e. The van der Waals surface area contributed by atoms with Crippen molar-refractivity contribution in [3.05, 3.63) is 0 Å². The summed E-state index contributed by atoms with van der Waals surface area (Å²) in [6.45, 7) is 0. The highest BCUT2D eigenvalue weighted by atomic mass is 16.4. The van der Waals surface area contributed by atoms with Crippen LogP contribution in [0.4, 0.5) is 0 Å². The maximum atomic E-state index is 10.6. The van der Waals surface area contributed by atoms with Gasteiger partial charge in [-0.15, -0.1) is 0 Å². The van der Waals surface area contributed by atoms with Crippen LogP contribution in [0.3, 0.4) is 0 Å². The second-order valence-corrected chi connectivity index (χ2v) is 3.62. The van der Waals surface area contributed by atoms with Crippen molar-refractivity contribution in [1.82, 2.24) is 0 Å². The van der Waals surface area contributed by atoms with Crippen LogP contribution in [0.2, 0.25) is 0 Å². The van der Waals surface area contributed by atoms with Gasteiger partial charge in [-0.25, -0.2) is 0 Å². The van der Waals surface area contributed by atoms with E-state index in [4.69, 9.17) is 5.11 Å². The summed E-state index contributed by atoms with van der Waals surface area (Å²) in [4.78, 5) is 10.6. The molecule has 10 heavy (non-hydrogen) atoms. The predicted molar refractivity (Wildman–Crippen MR) is 36.6 cm³/mol. The Bertz CT molecular complexity index is 165. The van der Waals surface area contributed by atoms with Crippen molar-refractivity contribution in [3.63, 3.8) is 0 Å². The third kappa shape index (κ3) is 0.746. The van der Waals surface area contributed by atoms with Gasteiger partial charge < -0.3 is 5.11 Å². The molecule has 2 aliphatic carbocycles. The number of hydrogen-bond donors (Lipinski definition) is 1. The van der Waals surface area contributed by atoms with Crippen LogP contribution in [0.15, 0.2) is 0 Å². The Kier molecular flexibility index (Phi) is 1.22. The number of carboxylic acids is 1. The highest BCUT2D eigenvalue weighted by Gasteiger charge is 2.42. The summed E-state index contributed by atoms with van der Waals surface area (Å²) in [6, 6.07) is 0. The summed E-state index contributed by atoms with van der Waals surface area (Å²) < 4.78 is 0. The number of hydrogen-bond acceptors (Lipinski definition) is 1. The molecular formula is C8H12O2. The summed E-state index contributed by atoms with van der Waals surface area (Å²) in [5.74, 6) is 0.736. The zero-order chi connectivity index (χ0) is 7.14. The molecule has 0 aromatic heterocycles. The number of carboxylic acid groups (broad SMARTS) is 1. The van der Waals surface area contributed by atoms with Crippen molar-refractivity contribution >= 4 is 5.97 Å². The van der Waals surface area contributed by atoms with Crippen molar-refractivity contribution in [3.8, 4) is 0 Å². The summed E-state index contributed by atoms with van der Waals surface area (Å²) >= 11 is 0. The molecule has 0 aliphatic heterocycles. The van der Waals surface area contributed by atoms with E-state index in [1.165, 1.54) is 19.3 Å². The van der Waals surface area contributed by atoms with E-state index in [0.717, 1.165) is 12.3 Å². The van der Waals surface area contributed by atoms with Crippen molar-refractivity contribution in [2.24, 2.45) is 17.8 Å². The normalized spacial score (nSPS) is 44.2. The Morgan fingerprint density at radius 1 is 1.30 bits per heavy atom. The molecule has 2 rings (SSSR count). The van der Waals surface area contributed by atoms with Crippen LogP contribution < -0.4 is 0 Å². The van der Waals surface area contributed by atoms with Gasteiger partial charge in [0.2, 0.25) is 0 Å². The summed E-state index contributed by atoms with van der Waals surface area (Å²) in [7, 11) is 0. The monoisotopic (exact) mass is 140 g/mol. The van der Waals surface area contributed by atoms with E-state index in [1.54, 1.807) is 0 Å². The highest BCUT2D eigenvalue weighted by Crippen LogP contribution is 2.48. The molecule has 2 heteroatoms. The minimum absolute atomic E-state index is 0.0127. The molecule has 56 valence electrons. The topological polar surface area (TPSA) is 37.3 Å². The van der Waals surface area contributed by atoms with E-state index >= 15 is 0 Å². The lowest BCUT2D eigenvalue weighted by Gasteiger charge is -2.16. The predicted octanol–water partition coefficient (Wildman–Crippen LogP) is 1.51. The van der Waals surface area contributed by atoms with Gasteiger partial charge in [0.05, 0.1) is 5.92 Å². The van der Waals surface area contributed by atoms with Gasteiger partial charge in [0.15, 0.2) is 0 Å². The van der Waals surface area contributed by atoms with E-state index in [9.17, 15) is 4.79 Å². The average molecular weight is 140 g/mol. The SMILES string of the molecule is O=C(O)[C@H]1C[C@@H]2CC[C@H]1C2. The molecule has 0 aromatic carbocycles. The van der Waals surface area contributed by atoms with Gasteiger partial charge in [-0.1, -0.05) is 6.42 Å². The first-order valence-electron chi connectivity index (χ1n) is 4.00. The zero-order valence-electron chi connectivity index (χ0n) is 5.92. The molecule has 2 saturated carbocycles. The van der Waals surface area contributed by atoms with Gasteiger partial charge in [-0.3, -0.25) is 4.79 Å². The standard InChI is InChI=1S/C8H12O2/c9-8(10)7-4-5-1-2-6(7)3-5/h5-7H,1-4H2,(H,9,10)/t5-,6+,7+/m1/s1. The minimum atomic E-state index is -0.563. The molecule has 2 aliphatic rings. The van der Waals surface area contributed by atoms with Crippen LogP contribution in [-0.2, 0) is 4.79 Å². The third-order valence-corrected chi connectivity index (χ3v) is 3.06. The Balaban J connectivity index is 2.08. The van der Waals surface area contributed by atoms with Gasteiger partial charge in [0, 0.05) is 0 Å². The first-order valence-corrected chi connectivity index (χ1v) is 4.00. The molecule has 1 N–H and O–H groups in total. The molecule has 0 unspecified atom stereocenters. The number of rotatable bonds is 1. The fraction of sp³-hybridized carbons (Fsp3) is 0.875. The molecule has 0 amide bonds. The Labute approximate surface area is 60.2 Å². The van der Waals surface area contributed by atoms with Crippen molar-refractivity contribution in [1.29, 1.82) is 0 Å². The van der Waals surface area contributed by atoms with Crippen LogP contribution in [-0.4, -0.2) is 11.1 Å². The van der Waals surface area contributed by atoms with Crippen LogP contribution in [0, 0.1) is 17.8 Å². The maximum Gasteiger partial charge on any atom is 0.306 e. The van der Waals surface area contributed by atoms with E-state index < -0.39 is 5.97 Å². The Hall–Kier alpha value is -0.530. The van der Waals surface area contributed by atoms with Crippen molar-refractivity contribution in [2.45, 2.75) is 25.7 Å². The molecule has 0 saturated heterocycles. The molecule has 2 fully saturated rings. The molecule has 0 aromatic rings. The Morgan fingerprint density at radius 2 is 2.10 bits per heavy atom. The van der Waals surface area contributed by atoms with Crippen LogP contribution in [0.1, 0.15) is 25.7 Å². The summed E-state index contributed by atoms with van der Waals surface area (Å²) in [5.41, 5.74) is 0. The second-order valence-electron chi connectivity index (χ2n) is 3.62. The van der Waals surface area contributed by atoms with E-state index in [1.807, 2.05) is 0 Å². The van der Waals surface area contributed by atoms with E-state index in [2.05, 4.69) is 0 Å². The summed E-state index contributed by atoms with van der Waals surface area (Å²) in [5, 5.41) is 8.74. The molecular weight excluding hydrogens is 128 g/mol. The van der Waals surface area contributed by atoms with E-state index in [-0.39, 0.29) is 5.92 Å². The summed E-state index contributed by atoms with van der Waals surface area (Å²) in [6.07, 6.45) is 4.60. The van der Waals surface area contributed by atoms with Crippen LogP contribution in [0.5, 0.6) is 0 Å². The lowest BCUT2D eigenvalue weighted by atomic mass is 9.89. The van der Waals surface area contributed by atoms with E-state index in [0.29, 0.717) is 5.92 Å². The van der Waals surface area contributed by atoms with Gasteiger partial charge in [0.1, 0.15) is 0 Å². The fourth-order valence-electron chi connectivity index (χ4n) is 2.55. The van der Waals surface area contributed by atoms with Crippen molar-refractivity contribution in [2.75, 3.05) is 0 Å². The van der Waals surface area contributed by atoms with Crippen LogP contribution in [0.25, 0.3) is 0 Å². The molecule has 2 bridgehead atoms.